The van der Waals surface area contributed by atoms with Crippen molar-refractivity contribution in [2.45, 2.75) is 33.0 Å². The van der Waals surface area contributed by atoms with Crippen molar-refractivity contribution in [1.82, 2.24) is 4.23 Å². The summed E-state index contributed by atoms with van der Waals surface area (Å²) in [6.45, 7) is 9.20. The van der Waals surface area contributed by atoms with Crippen molar-refractivity contribution in [2.24, 2.45) is 0 Å². The monoisotopic (exact) mass is 177 g/mol. The summed E-state index contributed by atoms with van der Waals surface area (Å²) in [6, 6.07) is 0.693. The molecule has 0 aliphatic rings. The van der Waals surface area contributed by atoms with E-state index in [0.29, 0.717) is 6.04 Å². The molecule has 0 aromatic heterocycles. The van der Waals surface area contributed by atoms with E-state index in [-0.39, 0.29) is 9.92 Å². The van der Waals surface area contributed by atoms with Crippen LogP contribution in [-0.2, 0) is 4.43 Å². The standard InChI is InChI=1S/C6H19NOSi2/c1-6(2)7(9-8-3)10(4)5/h6,10H,9H2,1-5H3. The van der Waals surface area contributed by atoms with Crippen molar-refractivity contribution in [3.63, 3.8) is 0 Å². The van der Waals surface area contributed by atoms with E-state index in [1.165, 1.54) is 0 Å². The van der Waals surface area contributed by atoms with Gasteiger partial charge in [0.15, 0.2) is 0 Å². The summed E-state index contributed by atoms with van der Waals surface area (Å²) in [5, 5.41) is 0. The lowest BCUT2D eigenvalue weighted by Gasteiger charge is -2.28. The van der Waals surface area contributed by atoms with E-state index >= 15 is 0 Å². The summed E-state index contributed by atoms with van der Waals surface area (Å²) >= 11 is 0. The maximum atomic E-state index is 5.23. The van der Waals surface area contributed by atoms with Crippen LogP contribution >= 0.6 is 0 Å². The Hall–Kier alpha value is 0.354. The molecule has 0 spiro atoms. The highest BCUT2D eigenvalue weighted by atomic mass is 28.3. The molecule has 0 rings (SSSR count). The van der Waals surface area contributed by atoms with Gasteiger partial charge in [-0.2, -0.15) is 0 Å². The Morgan fingerprint density at radius 1 is 1.40 bits per heavy atom. The fourth-order valence-electron chi connectivity index (χ4n) is 1.04. The van der Waals surface area contributed by atoms with E-state index in [9.17, 15) is 0 Å². The van der Waals surface area contributed by atoms with Gasteiger partial charge in [0.2, 0.25) is 9.92 Å². The molecule has 0 amide bonds. The topological polar surface area (TPSA) is 12.5 Å². The minimum absolute atomic E-state index is 0.364. The Morgan fingerprint density at radius 3 is 2.00 bits per heavy atom. The molecular weight excluding hydrogens is 158 g/mol. The smallest absolute Gasteiger partial charge is 0.231 e. The first-order valence-corrected chi connectivity index (χ1v) is 7.87. The molecule has 0 atom stereocenters. The molecule has 0 radical (unpaired) electrons. The summed E-state index contributed by atoms with van der Waals surface area (Å²) in [5.74, 6) is 0. The molecule has 0 fully saturated rings. The zero-order valence-electron chi connectivity index (χ0n) is 7.72. The largest absolute Gasteiger partial charge is 0.412 e. The molecule has 0 aliphatic heterocycles. The maximum Gasteiger partial charge on any atom is 0.231 e. The molecule has 0 aliphatic carbocycles. The number of hydrogen-bond acceptors (Lipinski definition) is 2. The molecule has 0 N–H and O–H groups in total. The van der Waals surface area contributed by atoms with Gasteiger partial charge in [-0.15, -0.1) is 0 Å². The van der Waals surface area contributed by atoms with Crippen LogP contribution in [0.1, 0.15) is 13.8 Å². The number of rotatable bonds is 4. The Morgan fingerprint density at radius 2 is 1.90 bits per heavy atom. The fraction of sp³-hybridized carbons (Fsp3) is 1.00. The Balaban J connectivity index is 3.73. The molecule has 0 saturated heterocycles. The SMILES string of the molecule is CO[SiH2]N(C(C)C)[SiH](C)C. The van der Waals surface area contributed by atoms with Crippen LogP contribution < -0.4 is 0 Å². The predicted molar refractivity (Wildman–Crippen MR) is 51.4 cm³/mol. The van der Waals surface area contributed by atoms with Crippen molar-refractivity contribution >= 4 is 18.9 Å². The third-order valence-corrected chi connectivity index (χ3v) is 7.45. The second-order valence-electron chi connectivity index (χ2n) is 3.12. The fourth-order valence-corrected chi connectivity index (χ4v) is 4.47. The molecule has 0 bridgehead atoms. The van der Waals surface area contributed by atoms with Gasteiger partial charge in [0.1, 0.15) is 0 Å². The van der Waals surface area contributed by atoms with Crippen molar-refractivity contribution in [2.75, 3.05) is 7.11 Å². The highest BCUT2D eigenvalue weighted by molar-refractivity contribution is 6.61. The van der Waals surface area contributed by atoms with Crippen LogP contribution in [0.2, 0.25) is 13.1 Å². The normalized spacial score (nSPS) is 13.2. The van der Waals surface area contributed by atoms with Crippen molar-refractivity contribution in [3.8, 4) is 0 Å². The zero-order chi connectivity index (χ0) is 8.15. The van der Waals surface area contributed by atoms with Crippen LogP contribution in [0.5, 0.6) is 0 Å². The van der Waals surface area contributed by atoms with E-state index in [2.05, 4.69) is 31.2 Å². The van der Waals surface area contributed by atoms with Gasteiger partial charge in [-0.05, 0) is 6.04 Å². The summed E-state index contributed by atoms with van der Waals surface area (Å²) in [7, 11) is 0.863. The zero-order valence-corrected chi connectivity index (χ0v) is 10.3. The van der Waals surface area contributed by atoms with Crippen LogP contribution in [-0.4, -0.2) is 36.3 Å². The van der Waals surface area contributed by atoms with Crippen LogP contribution in [0.25, 0.3) is 0 Å². The van der Waals surface area contributed by atoms with E-state index in [1.54, 1.807) is 0 Å². The van der Waals surface area contributed by atoms with Gasteiger partial charge in [0, 0.05) is 7.11 Å². The Kier molecular flexibility index (Phi) is 5.24. The second-order valence-corrected chi connectivity index (χ2v) is 8.27. The maximum absolute atomic E-state index is 5.23. The Bertz CT molecular complexity index is 79.8. The highest BCUT2D eigenvalue weighted by Crippen LogP contribution is 1.99. The van der Waals surface area contributed by atoms with Gasteiger partial charge in [0.25, 0.3) is 0 Å². The third kappa shape index (κ3) is 3.50. The van der Waals surface area contributed by atoms with Crippen molar-refractivity contribution < 1.29 is 4.43 Å². The number of hydrogen-bond donors (Lipinski definition) is 0. The summed E-state index contributed by atoms with van der Waals surface area (Å²) in [4.78, 5) is 0. The second kappa shape index (κ2) is 5.06. The average molecular weight is 177 g/mol. The van der Waals surface area contributed by atoms with Crippen LogP contribution in [0.3, 0.4) is 0 Å². The van der Waals surface area contributed by atoms with Gasteiger partial charge >= 0.3 is 0 Å². The van der Waals surface area contributed by atoms with Crippen molar-refractivity contribution in [1.29, 1.82) is 0 Å². The lowest BCUT2D eigenvalue weighted by atomic mass is 10.4. The van der Waals surface area contributed by atoms with Gasteiger partial charge in [0.05, 0.1) is 8.96 Å². The summed E-state index contributed by atoms with van der Waals surface area (Å²) in [6.07, 6.45) is 0. The van der Waals surface area contributed by atoms with E-state index < -0.39 is 8.96 Å². The van der Waals surface area contributed by atoms with Crippen LogP contribution in [0.4, 0.5) is 0 Å². The third-order valence-electron chi connectivity index (χ3n) is 1.60. The van der Waals surface area contributed by atoms with Gasteiger partial charge in [-0.1, -0.05) is 26.9 Å². The molecule has 0 saturated carbocycles. The molecule has 62 valence electrons. The van der Waals surface area contributed by atoms with Crippen LogP contribution in [0.15, 0.2) is 0 Å². The quantitative estimate of drug-likeness (QED) is 0.574. The van der Waals surface area contributed by atoms with Gasteiger partial charge in [-0.25, -0.2) is 0 Å². The Labute approximate surface area is 68.3 Å². The highest BCUT2D eigenvalue weighted by Gasteiger charge is 2.12. The van der Waals surface area contributed by atoms with Crippen LogP contribution in [0, 0.1) is 0 Å². The van der Waals surface area contributed by atoms with Gasteiger partial charge in [-0.3, -0.25) is 0 Å². The predicted octanol–water partition coefficient (Wildman–Crippen LogP) is 0.325. The first-order chi connectivity index (χ1) is 4.59. The van der Waals surface area contributed by atoms with E-state index in [4.69, 9.17) is 4.43 Å². The molecule has 0 aromatic rings. The lowest BCUT2D eigenvalue weighted by Crippen LogP contribution is -2.43. The first-order valence-electron chi connectivity index (χ1n) is 3.84. The van der Waals surface area contributed by atoms with E-state index in [0.717, 1.165) is 0 Å². The summed E-state index contributed by atoms with van der Waals surface area (Å²) < 4.78 is 7.80. The minimum Gasteiger partial charge on any atom is -0.412 e. The molecule has 0 heterocycles. The number of nitrogens with zero attached hydrogens (tertiary/aromatic N) is 1. The molecular formula is C6H19NOSi2. The molecule has 10 heavy (non-hydrogen) atoms. The molecule has 0 aromatic carbocycles. The average Bonchev–Trinajstić information content (AvgIpc) is 1.81. The van der Waals surface area contributed by atoms with Gasteiger partial charge < -0.3 is 8.66 Å². The minimum atomic E-state index is -0.591. The molecule has 0 unspecified atom stereocenters. The van der Waals surface area contributed by atoms with Crippen molar-refractivity contribution in [3.05, 3.63) is 0 Å². The summed E-state index contributed by atoms with van der Waals surface area (Å²) in [5.41, 5.74) is 0. The molecule has 2 nitrogen and oxygen atoms in total. The lowest BCUT2D eigenvalue weighted by molar-refractivity contribution is 0.379. The molecule has 4 heteroatoms. The first kappa shape index (κ1) is 10.4. The van der Waals surface area contributed by atoms with E-state index in [1.807, 2.05) is 7.11 Å².